The highest BCUT2D eigenvalue weighted by Crippen LogP contribution is 2.19. The Morgan fingerprint density at radius 2 is 1.76 bits per heavy atom. The number of hydrogen-bond donors (Lipinski definition) is 2. The molecule has 0 radical (unpaired) electrons. The lowest BCUT2D eigenvalue weighted by Crippen LogP contribution is -2.39. The van der Waals surface area contributed by atoms with E-state index in [1.165, 1.54) is 58.2 Å². The number of halogens is 1. The quantitative estimate of drug-likeness (QED) is 0.280. The van der Waals surface area contributed by atoms with E-state index in [0.29, 0.717) is 0 Å². The van der Waals surface area contributed by atoms with Crippen LogP contribution in [-0.2, 0) is 0 Å². The van der Waals surface area contributed by atoms with Gasteiger partial charge in [-0.1, -0.05) is 26.7 Å². The summed E-state index contributed by atoms with van der Waals surface area (Å²) in [5.41, 5.74) is 0. The molecule has 0 aromatic heterocycles. The first-order valence-electron chi connectivity index (χ1n) is 8.47. The molecule has 0 aliphatic carbocycles. The summed E-state index contributed by atoms with van der Waals surface area (Å²) in [7, 11) is 1.86. The smallest absolute Gasteiger partial charge is 0.190 e. The minimum atomic E-state index is 0. The standard InChI is InChI=1S/C16H34N4.HI/c1-4-6-7-11-18-16(17-3)19-12-8-15-9-13-20(5-2)14-10-15;/h15H,4-14H2,1-3H3,(H2,17,18,19);1H. The van der Waals surface area contributed by atoms with Crippen molar-refractivity contribution in [2.24, 2.45) is 10.9 Å². The molecular weight excluding hydrogens is 375 g/mol. The zero-order valence-electron chi connectivity index (χ0n) is 14.2. The lowest BCUT2D eigenvalue weighted by Gasteiger charge is -2.31. The molecular formula is C16H35IN4. The molecule has 0 spiro atoms. The summed E-state index contributed by atoms with van der Waals surface area (Å²) in [5.74, 6) is 1.86. The van der Waals surface area contributed by atoms with Crippen LogP contribution in [0.1, 0.15) is 52.4 Å². The van der Waals surface area contributed by atoms with Crippen LogP contribution < -0.4 is 10.6 Å². The Hall–Kier alpha value is -0.0400. The zero-order chi connectivity index (χ0) is 14.6. The average molecular weight is 410 g/mol. The zero-order valence-corrected chi connectivity index (χ0v) is 16.5. The number of guanidine groups is 1. The van der Waals surface area contributed by atoms with Gasteiger partial charge >= 0.3 is 0 Å². The number of hydrogen-bond acceptors (Lipinski definition) is 2. The lowest BCUT2D eigenvalue weighted by molar-refractivity contribution is 0.187. The van der Waals surface area contributed by atoms with E-state index >= 15 is 0 Å². The maximum atomic E-state index is 4.28. The van der Waals surface area contributed by atoms with Gasteiger partial charge in [-0.15, -0.1) is 24.0 Å². The molecule has 1 saturated heterocycles. The van der Waals surface area contributed by atoms with Crippen LogP contribution in [-0.4, -0.2) is 50.6 Å². The van der Waals surface area contributed by atoms with Crippen LogP contribution in [0.25, 0.3) is 0 Å². The summed E-state index contributed by atoms with van der Waals surface area (Å²) in [6.07, 6.45) is 7.78. The van der Waals surface area contributed by atoms with Crippen molar-refractivity contribution in [2.45, 2.75) is 52.4 Å². The fourth-order valence-electron chi connectivity index (χ4n) is 2.79. The van der Waals surface area contributed by atoms with Gasteiger partial charge in [0.25, 0.3) is 0 Å². The molecule has 0 bridgehead atoms. The summed E-state index contributed by atoms with van der Waals surface area (Å²) in [5, 5.41) is 6.83. The number of piperidine rings is 1. The Morgan fingerprint density at radius 3 is 2.33 bits per heavy atom. The van der Waals surface area contributed by atoms with Crippen molar-refractivity contribution in [3.8, 4) is 0 Å². The first kappa shape index (κ1) is 21.0. The second-order valence-electron chi connectivity index (χ2n) is 5.80. The number of likely N-dealkylation sites (tertiary alicyclic amines) is 1. The second-order valence-corrected chi connectivity index (χ2v) is 5.80. The maximum Gasteiger partial charge on any atom is 0.190 e. The third-order valence-corrected chi connectivity index (χ3v) is 4.30. The molecule has 0 aromatic carbocycles. The summed E-state index contributed by atoms with van der Waals surface area (Å²) >= 11 is 0. The molecule has 4 nitrogen and oxygen atoms in total. The van der Waals surface area contributed by atoms with Crippen molar-refractivity contribution in [1.82, 2.24) is 15.5 Å². The topological polar surface area (TPSA) is 39.7 Å². The van der Waals surface area contributed by atoms with Crippen molar-refractivity contribution in [2.75, 3.05) is 39.8 Å². The van der Waals surface area contributed by atoms with Crippen LogP contribution in [0.2, 0.25) is 0 Å². The minimum absolute atomic E-state index is 0. The van der Waals surface area contributed by atoms with Crippen molar-refractivity contribution in [1.29, 1.82) is 0 Å². The van der Waals surface area contributed by atoms with E-state index in [9.17, 15) is 0 Å². The first-order valence-corrected chi connectivity index (χ1v) is 8.47. The Bertz CT molecular complexity index is 263. The van der Waals surface area contributed by atoms with Gasteiger partial charge in [0.1, 0.15) is 0 Å². The molecule has 0 aromatic rings. The summed E-state index contributed by atoms with van der Waals surface area (Å²) in [6.45, 7) is 10.3. The monoisotopic (exact) mass is 410 g/mol. The molecule has 0 saturated carbocycles. The molecule has 0 atom stereocenters. The van der Waals surface area contributed by atoms with Gasteiger partial charge in [-0.05, 0) is 51.2 Å². The number of nitrogens with one attached hydrogen (secondary N) is 2. The number of nitrogens with zero attached hydrogens (tertiary/aromatic N) is 2. The fraction of sp³-hybridized carbons (Fsp3) is 0.938. The van der Waals surface area contributed by atoms with Gasteiger partial charge in [0, 0.05) is 20.1 Å². The molecule has 0 amide bonds. The molecule has 126 valence electrons. The van der Waals surface area contributed by atoms with Crippen LogP contribution in [0.3, 0.4) is 0 Å². The fourth-order valence-corrected chi connectivity index (χ4v) is 2.79. The average Bonchev–Trinajstić information content (AvgIpc) is 2.50. The molecule has 1 heterocycles. The molecule has 1 aliphatic heterocycles. The van der Waals surface area contributed by atoms with Crippen LogP contribution in [0.15, 0.2) is 4.99 Å². The van der Waals surface area contributed by atoms with E-state index in [4.69, 9.17) is 0 Å². The van der Waals surface area contributed by atoms with Gasteiger partial charge in [-0.3, -0.25) is 4.99 Å². The summed E-state index contributed by atoms with van der Waals surface area (Å²) in [4.78, 5) is 6.83. The molecule has 21 heavy (non-hydrogen) atoms. The molecule has 1 fully saturated rings. The highest BCUT2D eigenvalue weighted by Gasteiger charge is 2.17. The van der Waals surface area contributed by atoms with E-state index < -0.39 is 0 Å². The molecule has 0 unspecified atom stereocenters. The first-order chi connectivity index (χ1) is 9.80. The molecule has 2 N–H and O–H groups in total. The SMILES string of the molecule is CCCCCNC(=NC)NCCC1CCN(CC)CC1.I. The Labute approximate surface area is 148 Å². The highest BCUT2D eigenvalue weighted by atomic mass is 127. The maximum absolute atomic E-state index is 4.28. The van der Waals surface area contributed by atoms with Crippen molar-refractivity contribution >= 4 is 29.9 Å². The third-order valence-electron chi connectivity index (χ3n) is 4.30. The van der Waals surface area contributed by atoms with Gasteiger partial charge in [-0.25, -0.2) is 0 Å². The van der Waals surface area contributed by atoms with E-state index in [1.807, 2.05) is 7.05 Å². The molecule has 1 rings (SSSR count). The van der Waals surface area contributed by atoms with Crippen LogP contribution >= 0.6 is 24.0 Å². The number of unbranched alkanes of at least 4 members (excludes halogenated alkanes) is 2. The van der Waals surface area contributed by atoms with Crippen molar-refractivity contribution in [3.05, 3.63) is 0 Å². The Morgan fingerprint density at radius 1 is 1.10 bits per heavy atom. The van der Waals surface area contributed by atoms with Gasteiger partial charge in [0.15, 0.2) is 5.96 Å². The number of rotatable bonds is 8. The van der Waals surface area contributed by atoms with Gasteiger partial charge in [0.2, 0.25) is 0 Å². The predicted octanol–water partition coefficient (Wildman–Crippen LogP) is 3.08. The van der Waals surface area contributed by atoms with Gasteiger partial charge < -0.3 is 15.5 Å². The minimum Gasteiger partial charge on any atom is -0.356 e. The van der Waals surface area contributed by atoms with Gasteiger partial charge in [0.05, 0.1) is 0 Å². The summed E-state index contributed by atoms with van der Waals surface area (Å²) in [6, 6.07) is 0. The van der Waals surface area contributed by atoms with Gasteiger partial charge in [-0.2, -0.15) is 0 Å². The largest absolute Gasteiger partial charge is 0.356 e. The summed E-state index contributed by atoms with van der Waals surface area (Å²) < 4.78 is 0. The Kier molecular flexibility index (Phi) is 13.6. The molecule has 5 heteroatoms. The van der Waals surface area contributed by atoms with Crippen LogP contribution in [0.5, 0.6) is 0 Å². The van der Waals surface area contributed by atoms with E-state index in [-0.39, 0.29) is 24.0 Å². The second kappa shape index (κ2) is 13.6. The van der Waals surface area contributed by atoms with Crippen LogP contribution in [0, 0.1) is 5.92 Å². The molecule has 1 aliphatic rings. The number of aliphatic imine (C=N–C) groups is 1. The van der Waals surface area contributed by atoms with E-state index in [1.54, 1.807) is 0 Å². The van der Waals surface area contributed by atoms with Crippen molar-refractivity contribution < 1.29 is 0 Å². The predicted molar refractivity (Wildman–Crippen MR) is 104 cm³/mol. The van der Waals surface area contributed by atoms with E-state index in [0.717, 1.165) is 25.0 Å². The van der Waals surface area contributed by atoms with E-state index in [2.05, 4.69) is 34.4 Å². The van der Waals surface area contributed by atoms with Crippen molar-refractivity contribution in [3.63, 3.8) is 0 Å². The third kappa shape index (κ3) is 9.55. The lowest BCUT2D eigenvalue weighted by atomic mass is 9.93. The highest BCUT2D eigenvalue weighted by molar-refractivity contribution is 14.0. The van der Waals surface area contributed by atoms with Crippen LogP contribution in [0.4, 0.5) is 0 Å². The normalized spacial score (nSPS) is 17.4. The Balaban J connectivity index is 0.00000400.